The third kappa shape index (κ3) is 8.01. The first-order valence-electron chi connectivity index (χ1n) is 9.91. The molecule has 157 valence electrons. The van der Waals surface area contributed by atoms with E-state index < -0.39 is 0 Å². The summed E-state index contributed by atoms with van der Waals surface area (Å²) in [4.78, 5) is 23.6. The molecule has 0 spiro atoms. The van der Waals surface area contributed by atoms with Crippen molar-refractivity contribution in [2.75, 3.05) is 12.3 Å². The first-order chi connectivity index (χ1) is 13.9. The van der Waals surface area contributed by atoms with E-state index in [1.165, 1.54) is 23.9 Å². The van der Waals surface area contributed by atoms with Gasteiger partial charge in [-0.25, -0.2) is 4.39 Å². The first kappa shape index (κ1) is 23.1. The van der Waals surface area contributed by atoms with E-state index in [1.807, 2.05) is 13.8 Å². The molecule has 1 N–H and O–H groups in total. The number of rotatable bonds is 11. The fourth-order valence-electron chi connectivity index (χ4n) is 2.87. The van der Waals surface area contributed by atoms with Crippen LogP contribution in [0.15, 0.2) is 30.3 Å². The van der Waals surface area contributed by atoms with Crippen LogP contribution in [0.5, 0.6) is 0 Å². The number of benzene rings is 1. The SMILES string of the molecule is C[C](C)Cn1nc(-c2ccc(F)cc2)cc1C(=O)NCCCCCCSC(C)=O. The van der Waals surface area contributed by atoms with Gasteiger partial charge in [-0.05, 0) is 49.1 Å². The molecule has 2 rings (SSSR count). The van der Waals surface area contributed by atoms with Gasteiger partial charge in [-0.15, -0.1) is 0 Å². The fourth-order valence-corrected chi connectivity index (χ4v) is 3.51. The minimum absolute atomic E-state index is 0.153. The fraction of sp³-hybridized carbons (Fsp3) is 0.455. The lowest BCUT2D eigenvalue weighted by Gasteiger charge is -2.10. The maximum Gasteiger partial charge on any atom is 0.269 e. The number of nitrogens with one attached hydrogen (secondary N) is 1. The summed E-state index contributed by atoms with van der Waals surface area (Å²) in [5, 5.41) is 7.67. The van der Waals surface area contributed by atoms with Crippen molar-refractivity contribution in [1.29, 1.82) is 0 Å². The third-order valence-corrected chi connectivity index (χ3v) is 5.18. The average molecular weight is 419 g/mol. The molecule has 29 heavy (non-hydrogen) atoms. The quantitative estimate of drug-likeness (QED) is 0.529. The lowest BCUT2D eigenvalue weighted by molar-refractivity contribution is -0.109. The van der Waals surface area contributed by atoms with Gasteiger partial charge in [0.1, 0.15) is 11.5 Å². The van der Waals surface area contributed by atoms with Crippen LogP contribution >= 0.6 is 11.8 Å². The summed E-state index contributed by atoms with van der Waals surface area (Å²) in [6.45, 7) is 6.73. The molecule has 0 aliphatic carbocycles. The molecule has 2 aromatic rings. The highest BCUT2D eigenvalue weighted by Gasteiger charge is 2.17. The number of hydrogen-bond donors (Lipinski definition) is 1. The van der Waals surface area contributed by atoms with Gasteiger partial charge in [-0.3, -0.25) is 14.3 Å². The van der Waals surface area contributed by atoms with Crippen molar-refractivity contribution in [2.24, 2.45) is 0 Å². The van der Waals surface area contributed by atoms with Crippen molar-refractivity contribution >= 4 is 22.8 Å². The van der Waals surface area contributed by atoms with Gasteiger partial charge in [0.15, 0.2) is 5.12 Å². The second-order valence-corrected chi connectivity index (χ2v) is 8.57. The van der Waals surface area contributed by atoms with E-state index in [0.717, 1.165) is 42.9 Å². The van der Waals surface area contributed by atoms with E-state index >= 15 is 0 Å². The summed E-state index contributed by atoms with van der Waals surface area (Å²) < 4.78 is 14.9. The van der Waals surface area contributed by atoms with Crippen molar-refractivity contribution < 1.29 is 14.0 Å². The van der Waals surface area contributed by atoms with Crippen LogP contribution in [0.2, 0.25) is 0 Å². The third-order valence-electron chi connectivity index (χ3n) is 4.28. The molecule has 0 unspecified atom stereocenters. The maximum absolute atomic E-state index is 13.2. The van der Waals surface area contributed by atoms with Gasteiger partial charge in [0.25, 0.3) is 5.91 Å². The van der Waals surface area contributed by atoms with E-state index in [4.69, 9.17) is 0 Å². The summed E-state index contributed by atoms with van der Waals surface area (Å²) in [7, 11) is 0. The van der Waals surface area contributed by atoms with Crippen molar-refractivity contribution in [3.63, 3.8) is 0 Å². The highest BCUT2D eigenvalue weighted by Crippen LogP contribution is 2.21. The Hall–Kier alpha value is -2.15. The highest BCUT2D eigenvalue weighted by molar-refractivity contribution is 8.13. The van der Waals surface area contributed by atoms with Gasteiger partial charge in [-0.2, -0.15) is 5.10 Å². The van der Waals surface area contributed by atoms with Crippen molar-refractivity contribution in [3.8, 4) is 11.3 Å². The molecule has 0 saturated carbocycles. The molecule has 1 amide bonds. The second kappa shape index (κ2) is 11.8. The molecule has 7 heteroatoms. The van der Waals surface area contributed by atoms with E-state index in [9.17, 15) is 14.0 Å². The molecular weight excluding hydrogens is 389 g/mol. The molecule has 1 aromatic carbocycles. The zero-order valence-electron chi connectivity index (χ0n) is 17.3. The topological polar surface area (TPSA) is 64.0 Å². The molecule has 0 fully saturated rings. The Morgan fingerprint density at radius 3 is 2.41 bits per heavy atom. The van der Waals surface area contributed by atoms with Crippen molar-refractivity contribution in [1.82, 2.24) is 15.1 Å². The predicted molar refractivity (Wildman–Crippen MR) is 116 cm³/mol. The van der Waals surface area contributed by atoms with Gasteiger partial charge in [-0.1, -0.05) is 38.5 Å². The second-order valence-electron chi connectivity index (χ2n) is 7.30. The van der Waals surface area contributed by atoms with Gasteiger partial charge in [0.2, 0.25) is 0 Å². The Kier molecular flexibility index (Phi) is 9.38. The molecular formula is C22H29FN3O2S. The Bertz CT molecular complexity index is 803. The van der Waals surface area contributed by atoms with Crippen molar-refractivity contribution in [2.45, 2.75) is 53.0 Å². The molecule has 5 nitrogen and oxygen atoms in total. The van der Waals surface area contributed by atoms with Crippen LogP contribution < -0.4 is 5.32 Å². The van der Waals surface area contributed by atoms with Crippen LogP contribution in [0.4, 0.5) is 4.39 Å². The number of carbonyl (C=O) groups excluding carboxylic acids is 2. The monoisotopic (exact) mass is 418 g/mol. The maximum atomic E-state index is 13.2. The summed E-state index contributed by atoms with van der Waals surface area (Å²) in [5.41, 5.74) is 1.93. The minimum atomic E-state index is -0.302. The number of thioether (sulfide) groups is 1. The predicted octanol–water partition coefficient (Wildman–Crippen LogP) is 4.87. The smallest absolute Gasteiger partial charge is 0.269 e. The van der Waals surface area contributed by atoms with Crippen molar-refractivity contribution in [3.05, 3.63) is 47.8 Å². The minimum Gasteiger partial charge on any atom is -0.351 e. The number of amides is 1. The van der Waals surface area contributed by atoms with Gasteiger partial charge < -0.3 is 5.32 Å². The number of hydrogen-bond acceptors (Lipinski definition) is 4. The Morgan fingerprint density at radius 2 is 1.76 bits per heavy atom. The molecule has 1 radical (unpaired) electrons. The van der Waals surface area contributed by atoms with Crippen LogP contribution in [0.25, 0.3) is 11.3 Å². The lowest BCUT2D eigenvalue weighted by atomic mass is 10.1. The average Bonchev–Trinajstić information content (AvgIpc) is 3.07. The summed E-state index contributed by atoms with van der Waals surface area (Å²) >= 11 is 1.36. The van der Waals surface area contributed by atoms with Crippen LogP contribution in [0.1, 0.15) is 56.9 Å². The summed E-state index contributed by atoms with van der Waals surface area (Å²) in [5.74, 6) is 1.54. The van der Waals surface area contributed by atoms with E-state index in [2.05, 4.69) is 10.4 Å². The van der Waals surface area contributed by atoms with Crippen LogP contribution in [0, 0.1) is 11.7 Å². The molecule has 0 saturated heterocycles. The Morgan fingerprint density at radius 1 is 1.07 bits per heavy atom. The van der Waals surface area contributed by atoms with E-state index in [0.29, 0.717) is 24.5 Å². The molecule has 1 heterocycles. The summed E-state index contributed by atoms with van der Waals surface area (Å²) in [6, 6.07) is 7.86. The van der Waals surface area contributed by atoms with Gasteiger partial charge >= 0.3 is 0 Å². The van der Waals surface area contributed by atoms with Gasteiger partial charge in [0.05, 0.1) is 5.69 Å². The number of halogens is 1. The molecule has 0 aliphatic rings. The molecule has 0 aliphatic heterocycles. The molecule has 1 aromatic heterocycles. The lowest BCUT2D eigenvalue weighted by Crippen LogP contribution is -2.27. The van der Waals surface area contributed by atoms with E-state index in [1.54, 1.807) is 29.8 Å². The van der Waals surface area contributed by atoms with E-state index in [-0.39, 0.29) is 16.8 Å². The Balaban J connectivity index is 1.90. The normalized spacial score (nSPS) is 11.1. The van der Waals surface area contributed by atoms with Crippen LogP contribution in [-0.2, 0) is 11.3 Å². The van der Waals surface area contributed by atoms with Crippen LogP contribution in [-0.4, -0.2) is 33.1 Å². The highest BCUT2D eigenvalue weighted by atomic mass is 32.2. The largest absolute Gasteiger partial charge is 0.351 e. The standard InChI is InChI=1S/C22H29FN3O2S/c1-16(2)15-26-21(14-20(25-26)18-8-10-19(23)11-9-18)22(28)24-12-6-4-5-7-13-29-17(3)27/h8-11,14H,4-7,12-13,15H2,1-3H3,(H,24,28). The molecule has 0 atom stereocenters. The zero-order chi connectivity index (χ0) is 21.2. The summed E-state index contributed by atoms with van der Waals surface area (Å²) in [6.07, 6.45) is 3.97. The number of carbonyl (C=O) groups is 2. The zero-order valence-corrected chi connectivity index (χ0v) is 18.2. The number of aromatic nitrogens is 2. The first-order valence-corrected chi connectivity index (χ1v) is 10.9. The molecule has 0 bridgehead atoms. The van der Waals surface area contributed by atoms with Gasteiger partial charge in [0, 0.05) is 31.3 Å². The Labute approximate surface area is 176 Å². The van der Waals surface area contributed by atoms with Crippen LogP contribution in [0.3, 0.4) is 0 Å². The number of nitrogens with zero attached hydrogens (tertiary/aromatic N) is 2. The number of unbranched alkanes of at least 4 members (excludes halogenated alkanes) is 3.